The van der Waals surface area contributed by atoms with E-state index < -0.39 is 0 Å². The van der Waals surface area contributed by atoms with Crippen LogP contribution in [-0.2, 0) is 11.2 Å². The topological polar surface area (TPSA) is 105 Å². The molecule has 6 heteroatoms. The second-order valence-corrected chi connectivity index (χ2v) is 4.13. The molecule has 6 nitrogen and oxygen atoms in total. The molecule has 0 fully saturated rings. The molecule has 0 spiro atoms. The SMILES string of the molecule is NC(=O)Cc1ccc2nc3[nH]c(=O)[nH]c3cc2c1. The van der Waals surface area contributed by atoms with Crippen LogP contribution < -0.4 is 11.4 Å². The highest BCUT2D eigenvalue weighted by Gasteiger charge is 2.05. The Balaban J connectivity index is 2.23. The average molecular weight is 242 g/mol. The van der Waals surface area contributed by atoms with Gasteiger partial charge in [0.2, 0.25) is 5.91 Å². The van der Waals surface area contributed by atoms with E-state index in [1.807, 2.05) is 12.1 Å². The molecule has 0 radical (unpaired) electrons. The van der Waals surface area contributed by atoms with E-state index in [0.717, 1.165) is 16.5 Å². The minimum Gasteiger partial charge on any atom is -0.369 e. The van der Waals surface area contributed by atoms with Crippen LogP contribution in [0, 0.1) is 0 Å². The van der Waals surface area contributed by atoms with Crippen LogP contribution >= 0.6 is 0 Å². The minimum absolute atomic E-state index is 0.192. The number of rotatable bonds is 2. The standard InChI is InChI=1S/C12H10N4O2/c13-10(17)4-6-1-2-8-7(3-6)5-9-11(14-8)16-12(18)15-9/h1-3,5H,4H2,(H2,13,17)(H2,14,15,16,18). The Labute approximate surface area is 101 Å². The summed E-state index contributed by atoms with van der Waals surface area (Å²) in [7, 11) is 0. The van der Waals surface area contributed by atoms with Gasteiger partial charge in [-0.2, -0.15) is 0 Å². The van der Waals surface area contributed by atoms with Gasteiger partial charge in [-0.05, 0) is 23.8 Å². The van der Waals surface area contributed by atoms with E-state index in [0.29, 0.717) is 11.2 Å². The van der Waals surface area contributed by atoms with Crippen LogP contribution in [-0.4, -0.2) is 20.9 Å². The molecule has 90 valence electrons. The Kier molecular flexibility index (Phi) is 2.16. The van der Waals surface area contributed by atoms with Crippen molar-refractivity contribution >= 4 is 28.0 Å². The number of fused-ring (bicyclic) bond motifs is 2. The van der Waals surface area contributed by atoms with Crippen LogP contribution in [0.4, 0.5) is 0 Å². The van der Waals surface area contributed by atoms with Crippen LogP contribution in [0.2, 0.25) is 0 Å². The third kappa shape index (κ3) is 1.73. The van der Waals surface area contributed by atoms with Gasteiger partial charge in [0, 0.05) is 5.39 Å². The number of benzene rings is 1. The number of hydrogen-bond acceptors (Lipinski definition) is 3. The summed E-state index contributed by atoms with van der Waals surface area (Å²) in [5, 5.41) is 0.858. The number of pyridine rings is 1. The molecule has 4 N–H and O–H groups in total. The van der Waals surface area contributed by atoms with E-state index in [4.69, 9.17) is 5.73 Å². The van der Waals surface area contributed by atoms with E-state index in [1.54, 1.807) is 12.1 Å². The molecule has 18 heavy (non-hydrogen) atoms. The number of hydrogen-bond donors (Lipinski definition) is 3. The summed E-state index contributed by atoms with van der Waals surface area (Å²) in [4.78, 5) is 31.6. The fourth-order valence-corrected chi connectivity index (χ4v) is 1.99. The Morgan fingerprint density at radius 1 is 1.28 bits per heavy atom. The predicted octanol–water partition coefficient (Wildman–Crippen LogP) is 0.432. The van der Waals surface area contributed by atoms with E-state index in [9.17, 15) is 9.59 Å². The van der Waals surface area contributed by atoms with Crippen molar-refractivity contribution in [2.45, 2.75) is 6.42 Å². The first-order valence-corrected chi connectivity index (χ1v) is 5.42. The Hall–Kier alpha value is -2.63. The third-order valence-corrected chi connectivity index (χ3v) is 2.74. The molecule has 3 rings (SSSR count). The summed E-state index contributed by atoms with van der Waals surface area (Å²) >= 11 is 0. The second-order valence-electron chi connectivity index (χ2n) is 4.13. The first-order valence-electron chi connectivity index (χ1n) is 5.42. The number of aromatic nitrogens is 3. The van der Waals surface area contributed by atoms with Crippen molar-refractivity contribution in [2.75, 3.05) is 0 Å². The van der Waals surface area contributed by atoms with Gasteiger partial charge in [-0.25, -0.2) is 9.78 Å². The summed E-state index contributed by atoms with van der Waals surface area (Å²) in [6, 6.07) is 7.27. The van der Waals surface area contributed by atoms with Crippen molar-refractivity contribution < 1.29 is 4.79 Å². The maximum Gasteiger partial charge on any atom is 0.325 e. The van der Waals surface area contributed by atoms with Crippen LogP contribution in [0.5, 0.6) is 0 Å². The largest absolute Gasteiger partial charge is 0.369 e. The maximum atomic E-state index is 11.2. The van der Waals surface area contributed by atoms with Gasteiger partial charge >= 0.3 is 5.69 Å². The van der Waals surface area contributed by atoms with Crippen LogP contribution in [0.1, 0.15) is 5.56 Å². The lowest BCUT2D eigenvalue weighted by Gasteiger charge is -2.01. The number of carbonyl (C=O) groups is 1. The molecule has 0 aliphatic heterocycles. The van der Waals surface area contributed by atoms with E-state index >= 15 is 0 Å². The highest BCUT2D eigenvalue weighted by molar-refractivity contribution is 5.90. The lowest BCUT2D eigenvalue weighted by molar-refractivity contribution is -0.117. The average Bonchev–Trinajstić information content (AvgIpc) is 2.64. The van der Waals surface area contributed by atoms with Crippen molar-refractivity contribution in [3.8, 4) is 0 Å². The quantitative estimate of drug-likeness (QED) is 0.606. The molecule has 1 amide bonds. The number of nitrogens with two attached hydrogens (primary N) is 1. The Bertz CT molecular complexity index is 816. The number of imidazole rings is 1. The van der Waals surface area contributed by atoms with Gasteiger partial charge in [-0.1, -0.05) is 6.07 Å². The summed E-state index contributed by atoms with van der Waals surface area (Å²) in [5.74, 6) is -0.376. The van der Waals surface area contributed by atoms with Crippen molar-refractivity contribution in [1.82, 2.24) is 15.0 Å². The molecule has 2 heterocycles. The van der Waals surface area contributed by atoms with Crippen molar-refractivity contribution in [1.29, 1.82) is 0 Å². The summed E-state index contributed by atoms with van der Waals surface area (Å²) < 4.78 is 0. The lowest BCUT2D eigenvalue weighted by atomic mass is 10.1. The van der Waals surface area contributed by atoms with Gasteiger partial charge in [0.25, 0.3) is 0 Å². The molecule has 3 aromatic rings. The van der Waals surface area contributed by atoms with Gasteiger partial charge in [-0.3, -0.25) is 9.78 Å². The normalized spacial score (nSPS) is 11.1. The van der Waals surface area contributed by atoms with Gasteiger partial charge in [-0.15, -0.1) is 0 Å². The minimum atomic E-state index is -0.376. The molecule has 0 atom stereocenters. The first-order chi connectivity index (χ1) is 8.61. The Morgan fingerprint density at radius 3 is 2.89 bits per heavy atom. The van der Waals surface area contributed by atoms with Gasteiger partial charge < -0.3 is 10.7 Å². The first kappa shape index (κ1) is 10.5. The molecule has 0 saturated heterocycles. The lowest BCUT2D eigenvalue weighted by Crippen LogP contribution is -2.13. The number of primary amides is 1. The zero-order chi connectivity index (χ0) is 12.7. The van der Waals surface area contributed by atoms with Crippen molar-refractivity contribution in [3.05, 3.63) is 40.3 Å². The van der Waals surface area contributed by atoms with E-state index in [1.165, 1.54) is 0 Å². The van der Waals surface area contributed by atoms with E-state index in [-0.39, 0.29) is 18.0 Å². The molecular formula is C12H10N4O2. The molecule has 1 aromatic carbocycles. The molecule has 0 aliphatic rings. The van der Waals surface area contributed by atoms with Crippen LogP contribution in [0.15, 0.2) is 29.1 Å². The Morgan fingerprint density at radius 2 is 2.11 bits per heavy atom. The number of nitrogens with one attached hydrogen (secondary N) is 2. The van der Waals surface area contributed by atoms with Gasteiger partial charge in [0.15, 0.2) is 5.65 Å². The number of amides is 1. The fraction of sp³-hybridized carbons (Fsp3) is 0.0833. The van der Waals surface area contributed by atoms with Gasteiger partial charge in [0.05, 0.1) is 17.5 Å². The predicted molar refractivity (Wildman–Crippen MR) is 67.1 cm³/mol. The van der Waals surface area contributed by atoms with Crippen LogP contribution in [0.25, 0.3) is 22.1 Å². The van der Waals surface area contributed by atoms with Gasteiger partial charge in [0.1, 0.15) is 0 Å². The highest BCUT2D eigenvalue weighted by atomic mass is 16.1. The maximum absolute atomic E-state index is 11.2. The molecule has 2 aromatic heterocycles. The number of H-pyrrole nitrogens is 2. The summed E-state index contributed by atoms with van der Waals surface area (Å²) in [6.45, 7) is 0. The third-order valence-electron chi connectivity index (χ3n) is 2.74. The zero-order valence-corrected chi connectivity index (χ0v) is 9.36. The van der Waals surface area contributed by atoms with Crippen LogP contribution in [0.3, 0.4) is 0 Å². The smallest absolute Gasteiger partial charge is 0.325 e. The molecule has 0 unspecified atom stereocenters. The molecule has 0 aliphatic carbocycles. The number of nitrogens with zero attached hydrogens (tertiary/aromatic N) is 1. The fourth-order valence-electron chi connectivity index (χ4n) is 1.99. The van der Waals surface area contributed by atoms with Crippen molar-refractivity contribution in [3.63, 3.8) is 0 Å². The second kappa shape index (κ2) is 3.69. The zero-order valence-electron chi connectivity index (χ0n) is 9.36. The highest BCUT2D eigenvalue weighted by Crippen LogP contribution is 2.18. The molecule has 0 saturated carbocycles. The summed E-state index contributed by atoms with van der Waals surface area (Å²) in [5.41, 5.74) is 7.62. The summed E-state index contributed by atoms with van der Waals surface area (Å²) in [6.07, 6.45) is 0.192. The number of carbonyl (C=O) groups excluding carboxylic acids is 1. The molecule has 0 bridgehead atoms. The number of aromatic amines is 2. The monoisotopic (exact) mass is 242 g/mol. The molecular weight excluding hydrogens is 232 g/mol. The van der Waals surface area contributed by atoms with Crippen molar-refractivity contribution in [2.24, 2.45) is 5.73 Å². The van der Waals surface area contributed by atoms with E-state index in [2.05, 4.69) is 15.0 Å².